The average Bonchev–Trinajstić information content (AvgIpc) is 3.03. The van der Waals surface area contributed by atoms with Gasteiger partial charge in [0, 0.05) is 28.9 Å². The molecule has 2 N–H and O–H groups in total. The Morgan fingerprint density at radius 2 is 2.07 bits per heavy atom. The number of fused-ring (bicyclic) bond motifs is 4. The molecule has 3 heterocycles. The minimum Gasteiger partial charge on any atom is -0.550 e. The molecule has 0 aliphatic carbocycles. The third kappa shape index (κ3) is 2.71. The van der Waals surface area contributed by atoms with Gasteiger partial charge in [-0.25, -0.2) is 4.98 Å². The highest BCUT2D eigenvalue weighted by atomic mass is 16.4. The third-order valence-electron chi connectivity index (χ3n) is 5.46. The second kappa shape index (κ2) is 6.54. The maximum atomic E-state index is 13.0. The van der Waals surface area contributed by atoms with Gasteiger partial charge in [0.05, 0.1) is 35.7 Å². The molecule has 0 saturated heterocycles. The predicted molar refractivity (Wildman–Crippen MR) is 100 cm³/mol. The second-order valence-electron chi connectivity index (χ2n) is 7.09. The number of aliphatic hydroxyl groups is 2. The zero-order chi connectivity index (χ0) is 20.1. The first-order chi connectivity index (χ1) is 13.4. The molecule has 1 aromatic carbocycles. The summed E-state index contributed by atoms with van der Waals surface area (Å²) in [7, 11) is 0. The van der Waals surface area contributed by atoms with Crippen LogP contribution in [-0.2, 0) is 23.5 Å². The first-order valence-electron chi connectivity index (χ1n) is 9.07. The Hall–Kier alpha value is -3.03. The Morgan fingerprint density at radius 3 is 2.75 bits per heavy atom. The number of carboxylic acids is 1. The van der Waals surface area contributed by atoms with Crippen LogP contribution in [0.2, 0.25) is 0 Å². The molecule has 0 spiro atoms. The highest BCUT2D eigenvalue weighted by Crippen LogP contribution is 2.37. The van der Waals surface area contributed by atoms with Crippen LogP contribution in [0.15, 0.2) is 41.2 Å². The topological polar surface area (TPSA) is 115 Å². The highest BCUT2D eigenvalue weighted by molar-refractivity contribution is 5.84. The van der Waals surface area contributed by atoms with Crippen LogP contribution < -0.4 is 10.7 Å². The molecule has 1 atom stereocenters. The largest absolute Gasteiger partial charge is 0.550 e. The number of hydrogen-bond acceptors (Lipinski definition) is 6. The Bertz CT molecular complexity index is 1170. The van der Waals surface area contributed by atoms with Gasteiger partial charge in [0.2, 0.25) is 0 Å². The van der Waals surface area contributed by atoms with Crippen molar-refractivity contribution < 1.29 is 20.1 Å². The van der Waals surface area contributed by atoms with Crippen LogP contribution in [0.25, 0.3) is 22.3 Å². The summed E-state index contributed by atoms with van der Waals surface area (Å²) in [5, 5.41) is 32.9. The molecule has 28 heavy (non-hydrogen) atoms. The van der Waals surface area contributed by atoms with Gasteiger partial charge < -0.3 is 24.7 Å². The molecule has 0 fully saturated rings. The summed E-state index contributed by atoms with van der Waals surface area (Å²) in [6, 6.07) is 11.1. The molecule has 0 radical (unpaired) electrons. The van der Waals surface area contributed by atoms with Gasteiger partial charge in [-0.05, 0) is 30.2 Å². The van der Waals surface area contributed by atoms with Gasteiger partial charge >= 0.3 is 0 Å². The lowest BCUT2D eigenvalue weighted by atomic mass is 9.85. The minimum absolute atomic E-state index is 0.00767. The fourth-order valence-electron chi connectivity index (χ4n) is 3.93. The van der Waals surface area contributed by atoms with Crippen LogP contribution in [0, 0.1) is 0 Å². The molecule has 1 aliphatic rings. The maximum absolute atomic E-state index is 13.0. The van der Waals surface area contributed by atoms with E-state index in [1.807, 2.05) is 30.3 Å². The molecule has 1 unspecified atom stereocenters. The van der Waals surface area contributed by atoms with E-state index in [9.17, 15) is 24.9 Å². The van der Waals surface area contributed by atoms with Crippen molar-refractivity contribution in [3.63, 3.8) is 0 Å². The van der Waals surface area contributed by atoms with Crippen molar-refractivity contribution in [1.29, 1.82) is 0 Å². The average molecular weight is 379 g/mol. The summed E-state index contributed by atoms with van der Waals surface area (Å²) in [5.74, 6) is -1.43. The first-order valence-corrected chi connectivity index (χ1v) is 9.07. The summed E-state index contributed by atoms with van der Waals surface area (Å²) in [4.78, 5) is 28.9. The number of hydrogen-bond donors (Lipinski definition) is 2. The van der Waals surface area contributed by atoms with E-state index in [4.69, 9.17) is 0 Å². The number of nitrogens with zero attached hydrogens (tertiary/aromatic N) is 2. The normalized spacial score (nSPS) is 14.5. The monoisotopic (exact) mass is 379 g/mol. The van der Waals surface area contributed by atoms with Gasteiger partial charge in [-0.1, -0.05) is 25.1 Å². The van der Waals surface area contributed by atoms with Crippen molar-refractivity contribution in [1.82, 2.24) is 9.55 Å². The van der Waals surface area contributed by atoms with Crippen molar-refractivity contribution >= 4 is 16.9 Å². The Kier molecular flexibility index (Phi) is 4.28. The summed E-state index contributed by atoms with van der Waals surface area (Å²) in [6.45, 7) is 1.32. The highest BCUT2D eigenvalue weighted by Gasteiger charge is 2.34. The van der Waals surface area contributed by atoms with Crippen LogP contribution in [0.1, 0.15) is 36.5 Å². The van der Waals surface area contributed by atoms with E-state index in [-0.39, 0.29) is 17.5 Å². The first kappa shape index (κ1) is 18.3. The molecule has 0 amide bonds. The molecule has 0 saturated carbocycles. The van der Waals surface area contributed by atoms with Crippen molar-refractivity contribution in [2.45, 2.75) is 38.5 Å². The molecule has 3 aromatic rings. The van der Waals surface area contributed by atoms with Crippen molar-refractivity contribution in [3.05, 3.63) is 63.4 Å². The fraction of sp³-hybridized carbons (Fsp3) is 0.286. The smallest absolute Gasteiger partial charge is 0.257 e. The van der Waals surface area contributed by atoms with Crippen molar-refractivity contribution in [3.8, 4) is 11.4 Å². The van der Waals surface area contributed by atoms with E-state index in [0.29, 0.717) is 17.9 Å². The Morgan fingerprint density at radius 1 is 1.32 bits per heavy atom. The van der Waals surface area contributed by atoms with E-state index in [1.54, 1.807) is 13.0 Å². The predicted octanol–water partition coefficient (Wildman–Crippen LogP) is 0.655. The molecule has 7 nitrogen and oxygen atoms in total. The van der Waals surface area contributed by atoms with Crippen LogP contribution in [0.5, 0.6) is 0 Å². The number of aliphatic hydroxyl groups excluding tert-OH is 1. The summed E-state index contributed by atoms with van der Waals surface area (Å²) in [5.41, 5.74) is 0.587. The summed E-state index contributed by atoms with van der Waals surface area (Å²) >= 11 is 0. The van der Waals surface area contributed by atoms with Gasteiger partial charge in [-0.15, -0.1) is 0 Å². The van der Waals surface area contributed by atoms with Crippen LogP contribution in [0.3, 0.4) is 0 Å². The number of carboxylic acid groups (broad SMARTS) is 1. The van der Waals surface area contributed by atoms with E-state index in [0.717, 1.165) is 16.5 Å². The molecule has 2 aromatic heterocycles. The van der Waals surface area contributed by atoms with E-state index in [2.05, 4.69) is 4.98 Å². The number of aliphatic carboxylic acids is 1. The van der Waals surface area contributed by atoms with Crippen molar-refractivity contribution in [2.75, 3.05) is 0 Å². The van der Waals surface area contributed by atoms with Gasteiger partial charge in [0.15, 0.2) is 0 Å². The molecular formula is C21H19N2O5-. The molecule has 7 heteroatoms. The van der Waals surface area contributed by atoms with Crippen LogP contribution in [-0.4, -0.2) is 25.7 Å². The van der Waals surface area contributed by atoms with Crippen LogP contribution in [0.4, 0.5) is 0 Å². The number of carbonyl (C=O) groups is 1. The third-order valence-corrected chi connectivity index (χ3v) is 5.46. The zero-order valence-electron chi connectivity index (χ0n) is 15.3. The lowest BCUT2D eigenvalue weighted by molar-refractivity contribution is -0.309. The fourth-order valence-corrected chi connectivity index (χ4v) is 3.93. The SMILES string of the molecule is CCC(O)(CC(=O)[O-])c1cc2n(c(=O)c1CO)Cc1cc3ccccc3nc1-2. The Labute approximate surface area is 160 Å². The second-order valence-corrected chi connectivity index (χ2v) is 7.09. The summed E-state index contributed by atoms with van der Waals surface area (Å²) < 4.78 is 1.50. The van der Waals surface area contributed by atoms with Crippen molar-refractivity contribution in [2.24, 2.45) is 0 Å². The lowest BCUT2D eigenvalue weighted by Crippen LogP contribution is -2.38. The number of rotatable bonds is 5. The molecule has 4 rings (SSSR count). The van der Waals surface area contributed by atoms with Crippen LogP contribution >= 0.6 is 0 Å². The lowest BCUT2D eigenvalue weighted by Gasteiger charge is -2.30. The standard InChI is InChI=1S/C21H20N2O5/c1-2-21(28,9-18(25)26)15-8-17-19-13(10-23(17)20(27)14(15)11-24)7-12-5-3-4-6-16(12)22-19/h3-8,24,28H,2,9-11H2,1H3,(H,25,26)/p-1. The molecule has 1 aliphatic heterocycles. The van der Waals surface area contributed by atoms with Gasteiger partial charge in [0.25, 0.3) is 5.56 Å². The quantitative estimate of drug-likeness (QED) is 0.526. The number of para-hydroxylation sites is 1. The Balaban J connectivity index is 1.99. The van der Waals surface area contributed by atoms with Gasteiger partial charge in [-0.3, -0.25) is 4.79 Å². The number of pyridine rings is 2. The maximum Gasteiger partial charge on any atom is 0.257 e. The van der Waals surface area contributed by atoms with E-state index < -0.39 is 30.2 Å². The molecular weight excluding hydrogens is 360 g/mol. The number of carbonyl (C=O) groups excluding carboxylic acids is 1. The number of benzene rings is 1. The summed E-state index contributed by atoms with van der Waals surface area (Å²) in [6.07, 6.45) is -0.619. The van der Waals surface area contributed by atoms with E-state index >= 15 is 0 Å². The minimum atomic E-state index is -1.81. The van der Waals surface area contributed by atoms with Gasteiger partial charge in [-0.2, -0.15) is 0 Å². The molecule has 0 bridgehead atoms. The number of aromatic nitrogens is 2. The van der Waals surface area contributed by atoms with Gasteiger partial charge in [0.1, 0.15) is 0 Å². The zero-order valence-corrected chi connectivity index (χ0v) is 15.3. The molecule has 144 valence electrons. The van der Waals surface area contributed by atoms with E-state index in [1.165, 1.54) is 4.57 Å².